The number of carboxylic acid groups (broad SMARTS) is 1. The lowest BCUT2D eigenvalue weighted by Crippen LogP contribution is -2.39. The molecular formula is C10H20N2O3. The number of amides is 1. The van der Waals surface area contributed by atoms with E-state index in [0.29, 0.717) is 18.9 Å². The Hall–Kier alpha value is -1.10. The van der Waals surface area contributed by atoms with Crippen molar-refractivity contribution < 1.29 is 14.7 Å². The van der Waals surface area contributed by atoms with Crippen LogP contribution in [0.4, 0.5) is 0 Å². The van der Waals surface area contributed by atoms with Gasteiger partial charge in [0, 0.05) is 13.0 Å². The zero-order valence-electron chi connectivity index (χ0n) is 9.32. The molecule has 5 nitrogen and oxygen atoms in total. The minimum absolute atomic E-state index is 0.166. The minimum Gasteiger partial charge on any atom is -0.481 e. The molecule has 2 atom stereocenters. The van der Waals surface area contributed by atoms with Crippen molar-refractivity contribution in [2.75, 3.05) is 6.54 Å². The van der Waals surface area contributed by atoms with Crippen LogP contribution in [0.15, 0.2) is 0 Å². The zero-order chi connectivity index (χ0) is 11.8. The molecule has 15 heavy (non-hydrogen) atoms. The molecule has 0 aliphatic rings. The Morgan fingerprint density at radius 3 is 2.40 bits per heavy atom. The zero-order valence-corrected chi connectivity index (χ0v) is 9.32. The van der Waals surface area contributed by atoms with Gasteiger partial charge in [-0.1, -0.05) is 6.92 Å². The number of carbonyl (C=O) groups excluding carboxylic acids is 1. The molecule has 0 bridgehead atoms. The van der Waals surface area contributed by atoms with Gasteiger partial charge in [-0.05, 0) is 25.7 Å². The molecule has 0 aromatic rings. The van der Waals surface area contributed by atoms with E-state index in [1.165, 1.54) is 0 Å². The van der Waals surface area contributed by atoms with Crippen LogP contribution in [0.5, 0.6) is 0 Å². The molecule has 0 aliphatic heterocycles. The summed E-state index contributed by atoms with van der Waals surface area (Å²) in [6, 6.07) is -0.487. The van der Waals surface area contributed by atoms with Crippen LogP contribution in [0.2, 0.25) is 0 Å². The number of carbonyl (C=O) groups is 2. The van der Waals surface area contributed by atoms with Crippen LogP contribution in [0, 0.1) is 5.92 Å². The third-order valence-electron chi connectivity index (χ3n) is 2.20. The molecule has 5 heteroatoms. The van der Waals surface area contributed by atoms with E-state index >= 15 is 0 Å². The van der Waals surface area contributed by atoms with Crippen LogP contribution in [0.25, 0.3) is 0 Å². The fraction of sp³-hybridized carbons (Fsp3) is 0.800. The third-order valence-corrected chi connectivity index (χ3v) is 2.20. The molecule has 4 N–H and O–H groups in total. The molecule has 88 valence electrons. The summed E-state index contributed by atoms with van der Waals surface area (Å²) in [5.41, 5.74) is 5.36. The summed E-state index contributed by atoms with van der Waals surface area (Å²) in [6.45, 7) is 4.16. The van der Waals surface area contributed by atoms with Gasteiger partial charge >= 0.3 is 5.97 Å². The second kappa shape index (κ2) is 7.23. The smallest absolute Gasteiger partial charge is 0.303 e. The highest BCUT2D eigenvalue weighted by molar-refractivity contribution is 5.80. The molecular weight excluding hydrogens is 196 g/mol. The van der Waals surface area contributed by atoms with Crippen LogP contribution >= 0.6 is 0 Å². The Labute approximate surface area is 90.0 Å². The fourth-order valence-electron chi connectivity index (χ4n) is 1.12. The standard InChI is InChI=1S/C10H20N2O3/c1-7(3-4-9(13)14)5-6-12-10(15)8(2)11/h7-8H,3-6,11H2,1-2H3,(H,12,15)(H,13,14)/t7?,8-/m0/s1. The number of rotatable bonds is 7. The Kier molecular flexibility index (Phi) is 6.70. The molecule has 0 radical (unpaired) electrons. The van der Waals surface area contributed by atoms with Gasteiger partial charge in [-0.2, -0.15) is 0 Å². The Bertz CT molecular complexity index is 217. The molecule has 0 spiro atoms. The maximum Gasteiger partial charge on any atom is 0.303 e. The molecule has 0 aromatic carbocycles. The topological polar surface area (TPSA) is 92.4 Å². The Morgan fingerprint density at radius 1 is 1.33 bits per heavy atom. The summed E-state index contributed by atoms with van der Waals surface area (Å²) in [5.74, 6) is -0.642. The normalized spacial score (nSPS) is 14.3. The summed E-state index contributed by atoms with van der Waals surface area (Å²) in [5, 5.41) is 11.2. The van der Waals surface area contributed by atoms with Crippen LogP contribution < -0.4 is 11.1 Å². The van der Waals surface area contributed by atoms with Crippen LogP contribution in [0.1, 0.15) is 33.1 Å². The van der Waals surface area contributed by atoms with Gasteiger partial charge in [0.15, 0.2) is 0 Å². The lowest BCUT2D eigenvalue weighted by Gasteiger charge is -2.11. The number of hydrogen-bond donors (Lipinski definition) is 3. The molecule has 1 amide bonds. The van der Waals surface area contributed by atoms with E-state index in [1.54, 1.807) is 6.92 Å². The molecule has 0 saturated carbocycles. The van der Waals surface area contributed by atoms with Crippen molar-refractivity contribution in [3.63, 3.8) is 0 Å². The van der Waals surface area contributed by atoms with Crippen molar-refractivity contribution in [1.29, 1.82) is 0 Å². The second-order valence-electron chi connectivity index (χ2n) is 3.91. The van der Waals surface area contributed by atoms with Crippen LogP contribution in [0.3, 0.4) is 0 Å². The van der Waals surface area contributed by atoms with Gasteiger partial charge in [-0.3, -0.25) is 9.59 Å². The number of aliphatic carboxylic acids is 1. The van der Waals surface area contributed by atoms with Crippen molar-refractivity contribution in [3.05, 3.63) is 0 Å². The van der Waals surface area contributed by atoms with E-state index in [4.69, 9.17) is 10.8 Å². The molecule has 0 fully saturated rings. The van der Waals surface area contributed by atoms with E-state index in [2.05, 4.69) is 5.32 Å². The highest BCUT2D eigenvalue weighted by Crippen LogP contribution is 2.08. The minimum atomic E-state index is -0.776. The van der Waals surface area contributed by atoms with Gasteiger partial charge in [0.2, 0.25) is 5.91 Å². The lowest BCUT2D eigenvalue weighted by molar-refractivity contribution is -0.137. The first-order chi connectivity index (χ1) is 6.93. The van der Waals surface area contributed by atoms with Gasteiger partial charge in [0.05, 0.1) is 6.04 Å². The molecule has 0 saturated heterocycles. The van der Waals surface area contributed by atoms with Crippen molar-refractivity contribution in [1.82, 2.24) is 5.32 Å². The number of hydrogen-bond acceptors (Lipinski definition) is 3. The predicted octanol–water partition coefficient (Wildman–Crippen LogP) is 0.341. The SMILES string of the molecule is CC(CCNC(=O)[C@H](C)N)CCC(=O)O. The predicted molar refractivity (Wildman–Crippen MR) is 57.3 cm³/mol. The van der Waals surface area contributed by atoms with Crippen LogP contribution in [-0.2, 0) is 9.59 Å². The third kappa shape index (κ3) is 7.93. The maximum atomic E-state index is 11.1. The monoisotopic (exact) mass is 216 g/mol. The Morgan fingerprint density at radius 2 is 1.93 bits per heavy atom. The van der Waals surface area contributed by atoms with Crippen molar-refractivity contribution in [3.8, 4) is 0 Å². The van der Waals surface area contributed by atoms with Crippen molar-refractivity contribution in [2.45, 2.75) is 39.2 Å². The van der Waals surface area contributed by atoms with E-state index in [1.807, 2.05) is 6.92 Å². The summed E-state index contributed by atoms with van der Waals surface area (Å²) in [6.07, 6.45) is 1.61. The first-order valence-electron chi connectivity index (χ1n) is 5.18. The van der Waals surface area contributed by atoms with Crippen molar-refractivity contribution >= 4 is 11.9 Å². The van der Waals surface area contributed by atoms with Gasteiger partial charge in [0.25, 0.3) is 0 Å². The summed E-state index contributed by atoms with van der Waals surface area (Å²) < 4.78 is 0. The molecule has 0 rings (SSSR count). The molecule has 0 heterocycles. The van der Waals surface area contributed by atoms with Gasteiger partial charge in [-0.15, -0.1) is 0 Å². The van der Waals surface area contributed by atoms with Crippen molar-refractivity contribution in [2.24, 2.45) is 11.7 Å². The van der Waals surface area contributed by atoms with Crippen LogP contribution in [-0.4, -0.2) is 29.6 Å². The first kappa shape index (κ1) is 13.9. The number of nitrogens with one attached hydrogen (secondary N) is 1. The number of nitrogens with two attached hydrogens (primary N) is 1. The van der Waals surface area contributed by atoms with E-state index in [9.17, 15) is 9.59 Å². The van der Waals surface area contributed by atoms with E-state index in [-0.39, 0.29) is 12.3 Å². The van der Waals surface area contributed by atoms with E-state index < -0.39 is 12.0 Å². The van der Waals surface area contributed by atoms with Gasteiger partial charge in [0.1, 0.15) is 0 Å². The van der Waals surface area contributed by atoms with Gasteiger partial charge < -0.3 is 16.2 Å². The first-order valence-corrected chi connectivity index (χ1v) is 5.18. The average Bonchev–Trinajstić information content (AvgIpc) is 2.14. The molecule has 0 aromatic heterocycles. The summed E-state index contributed by atoms with van der Waals surface area (Å²) in [4.78, 5) is 21.3. The maximum absolute atomic E-state index is 11.1. The Balaban J connectivity index is 3.50. The summed E-state index contributed by atoms with van der Waals surface area (Å²) in [7, 11) is 0. The second-order valence-corrected chi connectivity index (χ2v) is 3.91. The fourth-order valence-corrected chi connectivity index (χ4v) is 1.12. The lowest BCUT2D eigenvalue weighted by atomic mass is 10.0. The average molecular weight is 216 g/mol. The molecule has 1 unspecified atom stereocenters. The highest BCUT2D eigenvalue weighted by Gasteiger charge is 2.08. The summed E-state index contributed by atoms with van der Waals surface area (Å²) >= 11 is 0. The highest BCUT2D eigenvalue weighted by atomic mass is 16.4. The van der Waals surface area contributed by atoms with E-state index in [0.717, 1.165) is 6.42 Å². The molecule has 0 aliphatic carbocycles. The number of carboxylic acids is 1. The quantitative estimate of drug-likeness (QED) is 0.572. The largest absolute Gasteiger partial charge is 0.481 e. The van der Waals surface area contributed by atoms with Gasteiger partial charge in [-0.25, -0.2) is 0 Å².